The maximum atomic E-state index is 14.0. The van der Waals surface area contributed by atoms with Crippen molar-refractivity contribution in [1.82, 2.24) is 0 Å². The van der Waals surface area contributed by atoms with Crippen LogP contribution in [0, 0.1) is 11.8 Å². The summed E-state index contributed by atoms with van der Waals surface area (Å²) in [6.07, 6.45) is 0.734. The molecule has 3 aromatic rings. The highest BCUT2D eigenvalue weighted by molar-refractivity contribution is 6.24. The second-order valence-electron chi connectivity index (χ2n) is 8.78. The highest BCUT2D eigenvalue weighted by Gasteiger charge is 2.68. The van der Waals surface area contributed by atoms with Gasteiger partial charge in [0.2, 0.25) is 11.8 Å². The van der Waals surface area contributed by atoms with Crippen LogP contribution in [0.3, 0.4) is 0 Å². The second kappa shape index (κ2) is 6.38. The van der Waals surface area contributed by atoms with Crippen LogP contribution < -0.4 is 4.90 Å². The van der Waals surface area contributed by atoms with Gasteiger partial charge in [0.15, 0.2) is 0 Å². The van der Waals surface area contributed by atoms with Crippen LogP contribution in [0.2, 0.25) is 0 Å². The number of hydrogen-bond donors (Lipinski definition) is 1. The number of anilines is 1. The Morgan fingerprint density at radius 1 is 0.839 bits per heavy atom. The molecular weight excluding hydrogens is 386 g/mol. The number of hydrogen-bond acceptors (Lipinski definition) is 3. The molecule has 1 fully saturated rings. The van der Waals surface area contributed by atoms with Gasteiger partial charge in [-0.3, -0.25) is 9.59 Å². The van der Waals surface area contributed by atoms with E-state index >= 15 is 0 Å². The van der Waals surface area contributed by atoms with Crippen molar-refractivity contribution in [3.63, 3.8) is 0 Å². The molecule has 1 saturated heterocycles. The zero-order valence-corrected chi connectivity index (χ0v) is 17.3. The molecular formula is C27H23NO3. The number of imide groups is 1. The van der Waals surface area contributed by atoms with Crippen LogP contribution in [-0.4, -0.2) is 23.5 Å². The average Bonchev–Trinajstić information content (AvgIpc) is 3.09. The first-order valence-electron chi connectivity index (χ1n) is 10.9. The monoisotopic (exact) mass is 409 g/mol. The fraction of sp³-hybridized carbons (Fsp3) is 0.259. The van der Waals surface area contributed by atoms with E-state index in [1.54, 1.807) is 0 Å². The molecule has 1 heterocycles. The number of nitrogens with zero attached hydrogens (tertiary/aromatic N) is 1. The van der Waals surface area contributed by atoms with Crippen LogP contribution in [0.15, 0.2) is 72.8 Å². The highest BCUT2D eigenvalue weighted by Crippen LogP contribution is 2.64. The van der Waals surface area contributed by atoms with E-state index in [4.69, 9.17) is 0 Å². The van der Waals surface area contributed by atoms with Crippen LogP contribution in [0.5, 0.6) is 0 Å². The predicted molar refractivity (Wildman–Crippen MR) is 118 cm³/mol. The molecule has 2 bridgehead atoms. The van der Waals surface area contributed by atoms with Gasteiger partial charge in [-0.25, -0.2) is 4.90 Å². The van der Waals surface area contributed by atoms with Gasteiger partial charge >= 0.3 is 0 Å². The van der Waals surface area contributed by atoms with Crippen molar-refractivity contribution in [2.24, 2.45) is 11.8 Å². The van der Waals surface area contributed by atoms with Gasteiger partial charge < -0.3 is 5.11 Å². The van der Waals surface area contributed by atoms with Crippen molar-refractivity contribution < 1.29 is 14.7 Å². The van der Waals surface area contributed by atoms with Crippen molar-refractivity contribution >= 4 is 17.5 Å². The number of aliphatic hydroxyl groups excluding tert-OH is 1. The molecule has 7 rings (SSSR count). The third kappa shape index (κ3) is 2.08. The lowest BCUT2D eigenvalue weighted by atomic mass is 9.47. The van der Waals surface area contributed by atoms with Crippen LogP contribution in [-0.2, 0) is 21.4 Å². The molecule has 4 aliphatic rings. The quantitative estimate of drug-likeness (QED) is 0.670. The van der Waals surface area contributed by atoms with Gasteiger partial charge in [-0.2, -0.15) is 0 Å². The number of amides is 2. The number of carbonyl (C=O) groups is 2. The van der Waals surface area contributed by atoms with E-state index < -0.39 is 17.3 Å². The molecule has 2 amide bonds. The molecule has 3 aliphatic carbocycles. The molecule has 0 radical (unpaired) electrons. The summed E-state index contributed by atoms with van der Waals surface area (Å²) in [6, 6.07) is 23.7. The minimum absolute atomic E-state index is 0.150. The topological polar surface area (TPSA) is 57.6 Å². The molecule has 1 N–H and O–H groups in total. The van der Waals surface area contributed by atoms with Crippen LogP contribution >= 0.6 is 0 Å². The Kier molecular flexibility index (Phi) is 3.81. The Bertz CT molecular complexity index is 1200. The van der Waals surface area contributed by atoms with Crippen molar-refractivity contribution in [2.45, 2.75) is 24.7 Å². The van der Waals surface area contributed by atoms with Gasteiger partial charge in [0.05, 0.1) is 29.5 Å². The number of aryl methyl sites for hydroxylation is 1. The van der Waals surface area contributed by atoms with E-state index in [1.165, 1.54) is 4.90 Å². The molecule has 154 valence electrons. The van der Waals surface area contributed by atoms with Gasteiger partial charge in [0.1, 0.15) is 0 Å². The van der Waals surface area contributed by atoms with Crippen molar-refractivity contribution in [3.05, 3.63) is 101 Å². The van der Waals surface area contributed by atoms with Gasteiger partial charge in [0, 0.05) is 5.92 Å². The summed E-state index contributed by atoms with van der Waals surface area (Å²) in [5, 5.41) is 10.9. The summed E-state index contributed by atoms with van der Waals surface area (Å²) < 4.78 is 0. The van der Waals surface area contributed by atoms with E-state index in [9.17, 15) is 14.7 Å². The first kappa shape index (κ1) is 18.5. The molecule has 31 heavy (non-hydrogen) atoms. The summed E-state index contributed by atoms with van der Waals surface area (Å²) in [4.78, 5) is 29.3. The summed E-state index contributed by atoms with van der Waals surface area (Å²) in [5.74, 6) is -1.64. The number of carbonyl (C=O) groups excluding carboxylic acids is 2. The molecule has 2 atom stereocenters. The Morgan fingerprint density at radius 3 is 2.03 bits per heavy atom. The van der Waals surface area contributed by atoms with Crippen LogP contribution in [0.25, 0.3) is 0 Å². The lowest BCUT2D eigenvalue weighted by molar-refractivity contribution is -0.124. The second-order valence-corrected chi connectivity index (χ2v) is 8.78. The Balaban J connectivity index is 1.64. The number of aliphatic hydroxyl groups is 1. The smallest absolute Gasteiger partial charge is 0.239 e. The Morgan fingerprint density at radius 2 is 1.42 bits per heavy atom. The molecule has 0 saturated carbocycles. The van der Waals surface area contributed by atoms with Gasteiger partial charge in [-0.15, -0.1) is 0 Å². The summed E-state index contributed by atoms with van der Waals surface area (Å²) >= 11 is 0. The van der Waals surface area contributed by atoms with E-state index in [2.05, 4.69) is 12.1 Å². The van der Waals surface area contributed by atoms with Crippen LogP contribution in [0.4, 0.5) is 5.69 Å². The molecule has 4 heteroatoms. The normalized spacial score (nSPS) is 27.8. The zero-order valence-electron chi connectivity index (χ0n) is 17.3. The lowest BCUT2D eigenvalue weighted by Crippen LogP contribution is -2.55. The van der Waals surface area contributed by atoms with Crippen molar-refractivity contribution in [3.8, 4) is 0 Å². The third-order valence-corrected chi connectivity index (χ3v) is 7.66. The van der Waals surface area contributed by atoms with Gasteiger partial charge in [-0.1, -0.05) is 73.7 Å². The molecule has 4 nitrogen and oxygen atoms in total. The largest absolute Gasteiger partial charge is 0.395 e. The number of para-hydroxylation sites is 1. The third-order valence-electron chi connectivity index (χ3n) is 7.66. The highest BCUT2D eigenvalue weighted by atomic mass is 16.3. The minimum Gasteiger partial charge on any atom is -0.395 e. The van der Waals surface area contributed by atoms with Gasteiger partial charge in [-0.05, 0) is 40.3 Å². The summed E-state index contributed by atoms with van der Waals surface area (Å²) in [6.45, 7) is 1.82. The molecule has 0 spiro atoms. The molecule has 0 aromatic heterocycles. The summed E-state index contributed by atoms with van der Waals surface area (Å²) in [5.41, 5.74) is 4.82. The van der Waals surface area contributed by atoms with E-state index in [0.717, 1.165) is 34.2 Å². The van der Waals surface area contributed by atoms with Crippen molar-refractivity contribution in [1.29, 1.82) is 0 Å². The molecule has 3 aromatic carbocycles. The van der Waals surface area contributed by atoms with E-state index in [0.29, 0.717) is 5.69 Å². The Labute approximate surface area is 181 Å². The summed E-state index contributed by atoms with van der Waals surface area (Å²) in [7, 11) is 0. The first-order chi connectivity index (χ1) is 15.1. The van der Waals surface area contributed by atoms with E-state index in [1.807, 2.05) is 67.6 Å². The average molecular weight is 409 g/mol. The SMILES string of the molecule is CCc1ccccc1N1C(=O)C2C3c4ccccc4C(CO)(c4ccccc43)C2C1=O. The fourth-order valence-corrected chi connectivity index (χ4v) is 6.46. The maximum absolute atomic E-state index is 14.0. The lowest BCUT2D eigenvalue weighted by Gasteiger charge is -2.53. The molecule has 2 unspecified atom stereocenters. The molecule has 1 aliphatic heterocycles. The Hall–Kier alpha value is -3.24. The van der Waals surface area contributed by atoms with Crippen LogP contribution in [0.1, 0.15) is 40.7 Å². The standard InChI is InChI=1S/C27H23NO3/c1-2-16-9-3-8-14-21(16)28-25(30)23-22-17-10-4-6-12-19(17)27(15-29,24(23)26(28)31)20-13-7-5-11-18(20)22/h3-14,22-24,29H,2,15H2,1H3. The van der Waals surface area contributed by atoms with E-state index in [-0.39, 0.29) is 24.3 Å². The predicted octanol–water partition coefficient (Wildman–Crippen LogP) is 3.79. The van der Waals surface area contributed by atoms with Gasteiger partial charge in [0.25, 0.3) is 0 Å². The zero-order chi connectivity index (χ0) is 21.3. The first-order valence-corrected chi connectivity index (χ1v) is 10.9. The fourth-order valence-electron chi connectivity index (χ4n) is 6.46. The number of rotatable bonds is 3. The maximum Gasteiger partial charge on any atom is 0.239 e. The number of benzene rings is 3. The van der Waals surface area contributed by atoms with Crippen molar-refractivity contribution in [2.75, 3.05) is 11.5 Å². The minimum atomic E-state index is -0.907.